The summed E-state index contributed by atoms with van der Waals surface area (Å²) in [5.74, 6) is 0.831. The minimum atomic E-state index is 0.831. The van der Waals surface area contributed by atoms with Crippen LogP contribution in [0.3, 0.4) is 0 Å². The maximum Gasteiger partial charge on any atom is 0.162 e. The lowest BCUT2D eigenvalue weighted by molar-refractivity contribution is 0.784. The van der Waals surface area contributed by atoms with Crippen molar-refractivity contribution in [3.8, 4) is 0 Å². The molecule has 0 saturated heterocycles. The molecule has 98 valence electrons. The van der Waals surface area contributed by atoms with Gasteiger partial charge in [-0.15, -0.1) is 11.3 Å². The molecule has 0 fully saturated rings. The van der Waals surface area contributed by atoms with Crippen molar-refractivity contribution in [2.75, 3.05) is 0 Å². The SMILES string of the molecule is CCc1nc(CSc2ncnc3c2cnn3C)cs1. The second-order valence-corrected chi connectivity index (χ2v) is 5.97. The Morgan fingerprint density at radius 2 is 2.26 bits per heavy atom. The third kappa shape index (κ3) is 2.48. The molecule has 0 unspecified atom stereocenters. The highest BCUT2D eigenvalue weighted by Crippen LogP contribution is 2.27. The number of nitrogens with zero attached hydrogens (tertiary/aromatic N) is 5. The number of aromatic nitrogens is 5. The molecule has 19 heavy (non-hydrogen) atoms. The molecule has 0 aliphatic carbocycles. The molecule has 0 N–H and O–H groups in total. The van der Waals surface area contributed by atoms with Gasteiger partial charge in [0.05, 0.1) is 22.3 Å². The van der Waals surface area contributed by atoms with Crippen LogP contribution in [0.15, 0.2) is 22.9 Å². The maximum absolute atomic E-state index is 4.56. The number of thiazole rings is 1. The molecule has 0 radical (unpaired) electrons. The van der Waals surface area contributed by atoms with Gasteiger partial charge >= 0.3 is 0 Å². The summed E-state index contributed by atoms with van der Waals surface area (Å²) < 4.78 is 1.76. The van der Waals surface area contributed by atoms with Gasteiger partial charge in [0.15, 0.2) is 5.65 Å². The third-order valence-corrected chi connectivity index (χ3v) is 4.83. The topological polar surface area (TPSA) is 56.5 Å². The minimum absolute atomic E-state index is 0.831. The highest BCUT2D eigenvalue weighted by molar-refractivity contribution is 7.98. The molecule has 3 heterocycles. The Morgan fingerprint density at radius 1 is 1.37 bits per heavy atom. The summed E-state index contributed by atoms with van der Waals surface area (Å²) in [6.45, 7) is 2.12. The highest BCUT2D eigenvalue weighted by atomic mass is 32.2. The number of aryl methyl sites for hydroxylation is 2. The second kappa shape index (κ2) is 5.26. The Hall–Kier alpha value is -1.47. The van der Waals surface area contributed by atoms with Crippen molar-refractivity contribution < 1.29 is 0 Å². The standard InChI is InChI=1S/C12H13N5S2/c1-3-10-16-8(5-18-10)6-19-12-9-4-15-17(2)11(9)13-7-14-12/h4-5,7H,3,6H2,1-2H3. The normalized spacial score (nSPS) is 11.3. The second-order valence-electron chi connectivity index (χ2n) is 4.06. The van der Waals surface area contributed by atoms with Crippen molar-refractivity contribution >= 4 is 34.1 Å². The van der Waals surface area contributed by atoms with Crippen molar-refractivity contribution in [2.45, 2.75) is 24.1 Å². The summed E-state index contributed by atoms with van der Waals surface area (Å²) in [5, 5.41) is 9.48. The fraction of sp³-hybridized carbons (Fsp3) is 0.333. The van der Waals surface area contributed by atoms with Gasteiger partial charge in [-0.05, 0) is 6.42 Å². The molecule has 0 atom stereocenters. The molecule has 0 aromatic carbocycles. The van der Waals surface area contributed by atoms with Crippen LogP contribution in [0, 0.1) is 0 Å². The van der Waals surface area contributed by atoms with E-state index in [1.54, 1.807) is 34.1 Å². The lowest BCUT2D eigenvalue weighted by Gasteiger charge is -2.00. The van der Waals surface area contributed by atoms with Gasteiger partial charge in [-0.25, -0.2) is 15.0 Å². The fourth-order valence-corrected chi connectivity index (χ4v) is 3.48. The zero-order valence-electron chi connectivity index (χ0n) is 10.7. The summed E-state index contributed by atoms with van der Waals surface area (Å²) in [6, 6.07) is 0. The summed E-state index contributed by atoms with van der Waals surface area (Å²) in [5.41, 5.74) is 1.98. The van der Waals surface area contributed by atoms with Crippen LogP contribution in [-0.2, 0) is 19.2 Å². The molecule has 3 aromatic rings. The van der Waals surface area contributed by atoms with E-state index in [1.165, 1.54) is 5.01 Å². The van der Waals surface area contributed by atoms with Crippen LogP contribution in [0.1, 0.15) is 17.6 Å². The average molecular weight is 291 g/mol. The average Bonchev–Trinajstić information content (AvgIpc) is 3.04. The van der Waals surface area contributed by atoms with Gasteiger partial charge in [-0.1, -0.05) is 18.7 Å². The first-order valence-electron chi connectivity index (χ1n) is 5.96. The zero-order chi connectivity index (χ0) is 13.2. The quantitative estimate of drug-likeness (QED) is 0.546. The third-order valence-electron chi connectivity index (χ3n) is 2.75. The predicted molar refractivity (Wildman–Crippen MR) is 77.4 cm³/mol. The van der Waals surface area contributed by atoms with Gasteiger partial charge in [-0.3, -0.25) is 4.68 Å². The van der Waals surface area contributed by atoms with E-state index in [1.807, 2.05) is 13.2 Å². The van der Waals surface area contributed by atoms with Gasteiger partial charge in [0.2, 0.25) is 0 Å². The van der Waals surface area contributed by atoms with E-state index < -0.39 is 0 Å². The Labute approximate surface area is 119 Å². The van der Waals surface area contributed by atoms with E-state index in [4.69, 9.17) is 0 Å². The first-order valence-corrected chi connectivity index (χ1v) is 7.83. The highest BCUT2D eigenvalue weighted by Gasteiger charge is 2.09. The molecule has 0 bridgehead atoms. The van der Waals surface area contributed by atoms with E-state index in [0.717, 1.165) is 33.9 Å². The van der Waals surface area contributed by atoms with E-state index in [2.05, 4.69) is 32.4 Å². The number of hydrogen-bond donors (Lipinski definition) is 0. The molecule has 3 rings (SSSR count). The Balaban J connectivity index is 1.81. The molecule has 0 amide bonds. The Kier molecular flexibility index (Phi) is 3.48. The molecule has 0 aliphatic rings. The van der Waals surface area contributed by atoms with Crippen LogP contribution in [0.4, 0.5) is 0 Å². The molecule has 3 aromatic heterocycles. The van der Waals surface area contributed by atoms with E-state index >= 15 is 0 Å². The monoisotopic (exact) mass is 291 g/mol. The molecule has 5 nitrogen and oxygen atoms in total. The van der Waals surface area contributed by atoms with E-state index in [9.17, 15) is 0 Å². The van der Waals surface area contributed by atoms with Crippen LogP contribution in [0.25, 0.3) is 11.0 Å². The van der Waals surface area contributed by atoms with Gasteiger partial charge in [-0.2, -0.15) is 5.10 Å². The predicted octanol–water partition coefficient (Wildman–Crippen LogP) is 2.67. The van der Waals surface area contributed by atoms with Crippen molar-refractivity contribution in [3.05, 3.63) is 28.6 Å². The van der Waals surface area contributed by atoms with Crippen molar-refractivity contribution in [1.82, 2.24) is 24.7 Å². The number of hydrogen-bond acceptors (Lipinski definition) is 6. The Bertz CT molecular complexity index is 703. The van der Waals surface area contributed by atoms with Gasteiger partial charge in [0.25, 0.3) is 0 Å². The lowest BCUT2D eigenvalue weighted by atomic mass is 10.4. The molecule has 7 heteroatoms. The molecule has 0 aliphatic heterocycles. The first kappa shape index (κ1) is 12.6. The Morgan fingerprint density at radius 3 is 3.05 bits per heavy atom. The van der Waals surface area contributed by atoms with Gasteiger partial charge in [0, 0.05) is 18.2 Å². The molecule has 0 saturated carbocycles. The van der Waals surface area contributed by atoms with E-state index in [-0.39, 0.29) is 0 Å². The van der Waals surface area contributed by atoms with Crippen LogP contribution in [-0.4, -0.2) is 24.7 Å². The zero-order valence-corrected chi connectivity index (χ0v) is 12.3. The molecule has 0 spiro atoms. The smallest absolute Gasteiger partial charge is 0.162 e. The molecular formula is C12H13N5S2. The number of fused-ring (bicyclic) bond motifs is 1. The molecular weight excluding hydrogens is 278 g/mol. The van der Waals surface area contributed by atoms with Gasteiger partial charge in [0.1, 0.15) is 11.4 Å². The number of rotatable bonds is 4. The van der Waals surface area contributed by atoms with Crippen molar-refractivity contribution in [1.29, 1.82) is 0 Å². The van der Waals surface area contributed by atoms with Crippen LogP contribution in [0.2, 0.25) is 0 Å². The van der Waals surface area contributed by atoms with Crippen molar-refractivity contribution in [3.63, 3.8) is 0 Å². The van der Waals surface area contributed by atoms with Crippen LogP contribution >= 0.6 is 23.1 Å². The summed E-state index contributed by atoms with van der Waals surface area (Å²) in [4.78, 5) is 13.1. The maximum atomic E-state index is 4.56. The van der Waals surface area contributed by atoms with Crippen LogP contribution < -0.4 is 0 Å². The summed E-state index contributed by atoms with van der Waals surface area (Å²) in [6.07, 6.45) is 4.40. The van der Waals surface area contributed by atoms with E-state index in [0.29, 0.717) is 0 Å². The largest absolute Gasteiger partial charge is 0.250 e. The van der Waals surface area contributed by atoms with Crippen molar-refractivity contribution in [2.24, 2.45) is 7.05 Å². The van der Waals surface area contributed by atoms with Gasteiger partial charge < -0.3 is 0 Å². The summed E-state index contributed by atoms with van der Waals surface area (Å²) >= 11 is 3.40. The van der Waals surface area contributed by atoms with Crippen LogP contribution in [0.5, 0.6) is 0 Å². The number of thioether (sulfide) groups is 1. The lowest BCUT2D eigenvalue weighted by Crippen LogP contribution is -1.93. The minimum Gasteiger partial charge on any atom is -0.250 e. The first-order chi connectivity index (χ1) is 9.28. The fourth-order valence-electron chi connectivity index (χ4n) is 1.78. The summed E-state index contributed by atoms with van der Waals surface area (Å²) in [7, 11) is 1.89.